The highest BCUT2D eigenvalue weighted by molar-refractivity contribution is 5.69. The smallest absolute Gasteiger partial charge is 0.410 e. The Hall–Kier alpha value is -1.49. The van der Waals surface area contributed by atoms with Crippen molar-refractivity contribution in [3.8, 4) is 0 Å². The topological polar surface area (TPSA) is 54.7 Å². The lowest BCUT2D eigenvalue weighted by molar-refractivity contribution is 0.00647. The van der Waals surface area contributed by atoms with Crippen LogP contribution in [0.1, 0.15) is 66.0 Å². The maximum atomic E-state index is 12.4. The maximum Gasteiger partial charge on any atom is 0.410 e. The summed E-state index contributed by atoms with van der Waals surface area (Å²) in [6.07, 6.45) is -0.284. The highest BCUT2D eigenvalue weighted by Crippen LogP contribution is 2.19. The molecule has 0 fully saturated rings. The summed E-state index contributed by atoms with van der Waals surface area (Å²) >= 11 is 0. The van der Waals surface area contributed by atoms with Gasteiger partial charge in [0.25, 0.3) is 0 Å². The summed E-state index contributed by atoms with van der Waals surface area (Å²) in [5.74, 6) is 1.81. The third-order valence-corrected chi connectivity index (χ3v) is 3.40. The highest BCUT2D eigenvalue weighted by atomic mass is 16.6. The Labute approximate surface area is 140 Å². The van der Waals surface area contributed by atoms with Gasteiger partial charge in [-0.15, -0.1) is 0 Å². The van der Waals surface area contributed by atoms with Gasteiger partial charge in [0, 0.05) is 18.6 Å². The lowest BCUT2D eigenvalue weighted by atomic mass is 10.1. The van der Waals surface area contributed by atoms with Crippen LogP contribution < -0.4 is 5.32 Å². The van der Waals surface area contributed by atoms with E-state index in [1.54, 1.807) is 4.90 Å². The predicted octanol–water partition coefficient (Wildman–Crippen LogP) is 4.27. The number of nitrogens with one attached hydrogen (secondary N) is 1. The van der Waals surface area contributed by atoms with Crippen molar-refractivity contribution in [3.05, 3.63) is 23.7 Å². The van der Waals surface area contributed by atoms with Crippen LogP contribution in [0.5, 0.6) is 0 Å². The molecule has 1 unspecified atom stereocenters. The zero-order valence-corrected chi connectivity index (χ0v) is 15.8. The van der Waals surface area contributed by atoms with E-state index in [2.05, 4.69) is 5.32 Å². The number of hydrogen-bond acceptors (Lipinski definition) is 4. The molecular formula is C18H32N2O3. The minimum Gasteiger partial charge on any atom is -0.465 e. The van der Waals surface area contributed by atoms with Crippen LogP contribution >= 0.6 is 0 Å². The van der Waals surface area contributed by atoms with Gasteiger partial charge in [-0.1, -0.05) is 0 Å². The van der Waals surface area contributed by atoms with E-state index < -0.39 is 5.60 Å². The fourth-order valence-electron chi connectivity index (χ4n) is 2.20. The van der Waals surface area contributed by atoms with Gasteiger partial charge in [-0.05, 0) is 67.5 Å². The van der Waals surface area contributed by atoms with Crippen LogP contribution in [0.4, 0.5) is 4.79 Å². The first-order chi connectivity index (χ1) is 10.4. The van der Waals surface area contributed by atoms with E-state index in [0.29, 0.717) is 13.1 Å². The summed E-state index contributed by atoms with van der Waals surface area (Å²) in [6, 6.07) is 4.03. The van der Waals surface area contributed by atoms with Gasteiger partial charge in [0.2, 0.25) is 0 Å². The molecule has 132 valence electrons. The number of rotatable bonds is 5. The molecule has 0 saturated carbocycles. The summed E-state index contributed by atoms with van der Waals surface area (Å²) in [6.45, 7) is 16.9. The number of ether oxygens (including phenoxy) is 1. The Kier molecular flexibility index (Phi) is 6.28. The SMILES string of the molecule is Cc1ccc(C(C)NCCN(C(=O)OC(C)(C)C)C(C)(C)C)o1. The van der Waals surface area contributed by atoms with E-state index in [0.717, 1.165) is 11.5 Å². The number of furan rings is 1. The van der Waals surface area contributed by atoms with Crippen LogP contribution in [0.15, 0.2) is 16.5 Å². The largest absolute Gasteiger partial charge is 0.465 e. The van der Waals surface area contributed by atoms with Crippen molar-refractivity contribution in [2.45, 2.75) is 72.6 Å². The van der Waals surface area contributed by atoms with Crippen LogP contribution in [-0.2, 0) is 4.74 Å². The molecule has 23 heavy (non-hydrogen) atoms. The standard InChI is InChI=1S/C18H32N2O3/c1-13-9-10-15(22-13)14(2)19-11-12-20(17(3,4)5)16(21)23-18(6,7)8/h9-10,14,19H,11-12H2,1-8H3. The second kappa shape index (κ2) is 7.39. The normalized spacial score (nSPS) is 13.7. The molecule has 5 nitrogen and oxygen atoms in total. The lowest BCUT2D eigenvalue weighted by Crippen LogP contribution is -2.50. The van der Waals surface area contributed by atoms with E-state index in [9.17, 15) is 4.79 Å². The van der Waals surface area contributed by atoms with Crippen LogP contribution in [0.25, 0.3) is 0 Å². The number of aryl methyl sites for hydroxylation is 1. The molecule has 0 radical (unpaired) electrons. The number of hydrogen-bond donors (Lipinski definition) is 1. The molecule has 0 aromatic carbocycles. The Morgan fingerprint density at radius 3 is 2.30 bits per heavy atom. The number of amides is 1. The van der Waals surface area contributed by atoms with E-state index in [4.69, 9.17) is 9.15 Å². The molecule has 1 atom stereocenters. The molecular weight excluding hydrogens is 292 g/mol. The number of carbonyl (C=O) groups is 1. The number of nitrogens with zero attached hydrogens (tertiary/aromatic N) is 1. The van der Waals surface area contributed by atoms with Gasteiger partial charge < -0.3 is 19.4 Å². The van der Waals surface area contributed by atoms with Crippen LogP contribution in [-0.4, -0.2) is 35.2 Å². The molecule has 0 spiro atoms. The van der Waals surface area contributed by atoms with Crippen molar-refractivity contribution in [2.24, 2.45) is 0 Å². The molecule has 1 amide bonds. The van der Waals surface area contributed by atoms with Gasteiger partial charge in [-0.25, -0.2) is 4.79 Å². The minimum absolute atomic E-state index is 0.101. The molecule has 5 heteroatoms. The third-order valence-electron chi connectivity index (χ3n) is 3.40. The first kappa shape index (κ1) is 19.6. The zero-order valence-electron chi connectivity index (χ0n) is 15.8. The Morgan fingerprint density at radius 2 is 1.87 bits per heavy atom. The average molecular weight is 324 g/mol. The van der Waals surface area contributed by atoms with Crippen LogP contribution in [0.3, 0.4) is 0 Å². The summed E-state index contributed by atoms with van der Waals surface area (Å²) < 4.78 is 11.1. The first-order valence-electron chi connectivity index (χ1n) is 8.20. The summed E-state index contributed by atoms with van der Waals surface area (Å²) in [5.41, 5.74) is -0.790. The molecule has 0 bridgehead atoms. The lowest BCUT2D eigenvalue weighted by Gasteiger charge is -2.37. The second-order valence-electron chi connectivity index (χ2n) is 7.93. The fourth-order valence-corrected chi connectivity index (χ4v) is 2.20. The van der Waals surface area contributed by atoms with Gasteiger partial charge in [0.05, 0.1) is 6.04 Å². The molecule has 0 aliphatic carbocycles. The molecule has 1 aromatic rings. The highest BCUT2D eigenvalue weighted by Gasteiger charge is 2.30. The van der Waals surface area contributed by atoms with E-state index in [1.807, 2.05) is 67.5 Å². The molecule has 0 aliphatic heterocycles. The van der Waals surface area contributed by atoms with E-state index in [-0.39, 0.29) is 17.7 Å². The van der Waals surface area contributed by atoms with Crippen molar-refractivity contribution in [3.63, 3.8) is 0 Å². The molecule has 1 N–H and O–H groups in total. The van der Waals surface area contributed by atoms with Gasteiger partial charge in [-0.3, -0.25) is 0 Å². The molecule has 1 rings (SSSR count). The Bertz CT molecular complexity index is 509. The fraction of sp³-hybridized carbons (Fsp3) is 0.722. The van der Waals surface area contributed by atoms with Crippen molar-refractivity contribution >= 4 is 6.09 Å². The van der Waals surface area contributed by atoms with Gasteiger partial charge in [-0.2, -0.15) is 0 Å². The minimum atomic E-state index is -0.493. The zero-order chi connectivity index (χ0) is 17.8. The van der Waals surface area contributed by atoms with Gasteiger partial charge in [0.15, 0.2) is 0 Å². The molecule has 1 aromatic heterocycles. The predicted molar refractivity (Wildman–Crippen MR) is 92.6 cm³/mol. The first-order valence-corrected chi connectivity index (χ1v) is 8.20. The summed E-state index contributed by atoms with van der Waals surface area (Å²) in [5, 5.41) is 3.39. The van der Waals surface area contributed by atoms with E-state index in [1.165, 1.54) is 0 Å². The van der Waals surface area contributed by atoms with Gasteiger partial charge >= 0.3 is 6.09 Å². The van der Waals surface area contributed by atoms with Crippen molar-refractivity contribution in [1.29, 1.82) is 0 Å². The Balaban J connectivity index is 2.60. The Morgan fingerprint density at radius 1 is 1.26 bits per heavy atom. The average Bonchev–Trinajstić information content (AvgIpc) is 2.77. The van der Waals surface area contributed by atoms with Crippen LogP contribution in [0, 0.1) is 6.92 Å². The molecule has 0 saturated heterocycles. The van der Waals surface area contributed by atoms with Crippen molar-refractivity contribution in [2.75, 3.05) is 13.1 Å². The number of carbonyl (C=O) groups excluding carboxylic acids is 1. The third kappa shape index (κ3) is 6.65. The van der Waals surface area contributed by atoms with Gasteiger partial charge in [0.1, 0.15) is 17.1 Å². The quantitative estimate of drug-likeness (QED) is 0.878. The second-order valence-corrected chi connectivity index (χ2v) is 7.93. The summed E-state index contributed by atoms with van der Waals surface area (Å²) in [4.78, 5) is 14.2. The van der Waals surface area contributed by atoms with Crippen molar-refractivity contribution < 1.29 is 13.9 Å². The maximum absolute atomic E-state index is 12.4. The van der Waals surface area contributed by atoms with Crippen molar-refractivity contribution in [1.82, 2.24) is 10.2 Å². The molecule has 1 heterocycles. The molecule has 0 aliphatic rings. The summed E-state index contributed by atoms with van der Waals surface area (Å²) in [7, 11) is 0. The van der Waals surface area contributed by atoms with Crippen LogP contribution in [0.2, 0.25) is 0 Å². The monoisotopic (exact) mass is 324 g/mol. The van der Waals surface area contributed by atoms with E-state index >= 15 is 0 Å².